The molecule has 1 heterocycles. The van der Waals surface area contributed by atoms with E-state index in [1.807, 2.05) is 0 Å². The minimum Gasteiger partial charge on any atom is -0.460 e. The Bertz CT molecular complexity index is 190. The molecule has 1 rings (SSSR count). The summed E-state index contributed by atoms with van der Waals surface area (Å²) in [6.07, 6.45) is 3.21. The summed E-state index contributed by atoms with van der Waals surface area (Å²) >= 11 is 0. The van der Waals surface area contributed by atoms with Crippen LogP contribution in [0.5, 0.6) is 0 Å². The van der Waals surface area contributed by atoms with Crippen molar-refractivity contribution in [1.82, 2.24) is 0 Å². The van der Waals surface area contributed by atoms with Crippen molar-refractivity contribution in [2.75, 3.05) is 6.61 Å². The Morgan fingerprint density at radius 2 is 2.67 bits per heavy atom. The first-order valence-corrected chi connectivity index (χ1v) is 2.57. The van der Waals surface area contributed by atoms with Crippen molar-refractivity contribution in [1.29, 1.82) is 5.26 Å². The Labute approximate surface area is 52.5 Å². The van der Waals surface area contributed by atoms with Gasteiger partial charge < -0.3 is 4.74 Å². The van der Waals surface area contributed by atoms with Crippen LogP contribution in [0.15, 0.2) is 12.2 Å². The molecule has 46 valence electrons. The van der Waals surface area contributed by atoms with Crippen LogP contribution in [0.3, 0.4) is 0 Å². The van der Waals surface area contributed by atoms with Crippen LogP contribution in [-0.2, 0) is 9.53 Å². The first-order chi connectivity index (χ1) is 4.34. The second-order valence-electron chi connectivity index (χ2n) is 1.66. The second kappa shape index (κ2) is 2.31. The van der Waals surface area contributed by atoms with E-state index in [1.54, 1.807) is 18.2 Å². The lowest BCUT2D eigenvalue weighted by Crippen LogP contribution is -2.17. The van der Waals surface area contributed by atoms with Crippen LogP contribution < -0.4 is 0 Å². The minimum absolute atomic E-state index is 0.303. The van der Waals surface area contributed by atoms with E-state index in [9.17, 15) is 4.79 Å². The van der Waals surface area contributed by atoms with E-state index in [2.05, 4.69) is 4.74 Å². The number of nitrogens with zero attached hydrogens (tertiary/aromatic N) is 1. The number of hydrogen-bond acceptors (Lipinski definition) is 3. The third-order valence-electron chi connectivity index (χ3n) is 1.04. The molecule has 0 aromatic carbocycles. The molecule has 0 aliphatic carbocycles. The first kappa shape index (κ1) is 5.83. The van der Waals surface area contributed by atoms with Gasteiger partial charge in [-0.2, -0.15) is 5.26 Å². The lowest BCUT2D eigenvalue weighted by Gasteiger charge is -2.07. The summed E-state index contributed by atoms with van der Waals surface area (Å²) in [5.74, 6) is -1.13. The van der Waals surface area contributed by atoms with Gasteiger partial charge in [-0.15, -0.1) is 0 Å². The molecule has 0 saturated heterocycles. The van der Waals surface area contributed by atoms with Crippen LogP contribution in [0.2, 0.25) is 0 Å². The van der Waals surface area contributed by atoms with Gasteiger partial charge in [-0.05, 0) is 6.08 Å². The fourth-order valence-electron chi connectivity index (χ4n) is 0.586. The van der Waals surface area contributed by atoms with Crippen LogP contribution in [0.1, 0.15) is 0 Å². The van der Waals surface area contributed by atoms with Gasteiger partial charge in [-0.25, -0.2) is 0 Å². The molecular weight excluding hydrogens is 118 g/mol. The Morgan fingerprint density at radius 1 is 1.89 bits per heavy atom. The zero-order valence-corrected chi connectivity index (χ0v) is 4.70. The van der Waals surface area contributed by atoms with E-state index >= 15 is 0 Å². The van der Waals surface area contributed by atoms with Crippen LogP contribution in [0.4, 0.5) is 0 Å². The number of hydrogen-bond donors (Lipinski definition) is 0. The number of nitriles is 1. The van der Waals surface area contributed by atoms with E-state index in [0.717, 1.165) is 0 Å². The SMILES string of the molecule is N#CC1C=CCOC1=O. The molecule has 9 heavy (non-hydrogen) atoms. The van der Waals surface area contributed by atoms with Crippen molar-refractivity contribution >= 4 is 5.97 Å². The summed E-state index contributed by atoms with van der Waals surface area (Å²) in [5, 5.41) is 8.26. The molecule has 1 atom stereocenters. The number of carbonyl (C=O) groups excluding carboxylic acids is 1. The molecule has 0 N–H and O–H groups in total. The van der Waals surface area contributed by atoms with Crippen LogP contribution in [0, 0.1) is 17.2 Å². The average molecular weight is 123 g/mol. The van der Waals surface area contributed by atoms with Gasteiger partial charge in [0.05, 0.1) is 6.07 Å². The molecular formula is C6H5NO2. The first-order valence-electron chi connectivity index (χ1n) is 2.57. The smallest absolute Gasteiger partial charge is 0.327 e. The largest absolute Gasteiger partial charge is 0.460 e. The fourth-order valence-corrected chi connectivity index (χ4v) is 0.586. The molecule has 0 bridgehead atoms. The van der Waals surface area contributed by atoms with Gasteiger partial charge in [0.15, 0.2) is 5.92 Å². The normalized spacial score (nSPS) is 24.8. The van der Waals surface area contributed by atoms with Crippen LogP contribution in [0.25, 0.3) is 0 Å². The molecule has 0 radical (unpaired) electrons. The van der Waals surface area contributed by atoms with Crippen molar-refractivity contribution in [3.8, 4) is 6.07 Å². The highest BCUT2D eigenvalue weighted by atomic mass is 16.5. The highest BCUT2D eigenvalue weighted by Crippen LogP contribution is 2.05. The zero-order valence-electron chi connectivity index (χ0n) is 4.70. The summed E-state index contributed by atoms with van der Waals surface area (Å²) in [6.45, 7) is 0.303. The Kier molecular flexibility index (Phi) is 1.50. The topological polar surface area (TPSA) is 50.1 Å². The van der Waals surface area contributed by atoms with E-state index in [4.69, 9.17) is 5.26 Å². The summed E-state index contributed by atoms with van der Waals surface area (Å²) in [7, 11) is 0. The van der Waals surface area contributed by atoms with Crippen LogP contribution in [-0.4, -0.2) is 12.6 Å². The molecule has 3 nitrogen and oxygen atoms in total. The lowest BCUT2D eigenvalue weighted by atomic mass is 10.1. The Balaban J connectivity index is 2.71. The quantitative estimate of drug-likeness (QED) is 0.342. The van der Waals surface area contributed by atoms with Crippen LogP contribution >= 0.6 is 0 Å². The number of rotatable bonds is 0. The fraction of sp³-hybridized carbons (Fsp3) is 0.333. The highest BCUT2D eigenvalue weighted by molar-refractivity contribution is 5.78. The highest BCUT2D eigenvalue weighted by Gasteiger charge is 2.17. The second-order valence-corrected chi connectivity index (χ2v) is 1.66. The third-order valence-corrected chi connectivity index (χ3v) is 1.04. The summed E-state index contributed by atoms with van der Waals surface area (Å²) < 4.78 is 4.53. The minimum atomic E-state index is -0.682. The van der Waals surface area contributed by atoms with E-state index in [0.29, 0.717) is 6.61 Å². The van der Waals surface area contributed by atoms with Crippen molar-refractivity contribution in [3.05, 3.63) is 12.2 Å². The van der Waals surface area contributed by atoms with Crippen molar-refractivity contribution in [3.63, 3.8) is 0 Å². The molecule has 1 aliphatic heterocycles. The van der Waals surface area contributed by atoms with Crippen molar-refractivity contribution in [2.45, 2.75) is 0 Å². The zero-order chi connectivity index (χ0) is 6.69. The van der Waals surface area contributed by atoms with Crippen molar-refractivity contribution < 1.29 is 9.53 Å². The number of carbonyl (C=O) groups is 1. The molecule has 0 aromatic heterocycles. The van der Waals surface area contributed by atoms with E-state index in [1.165, 1.54) is 0 Å². The van der Waals surface area contributed by atoms with E-state index in [-0.39, 0.29) is 0 Å². The average Bonchev–Trinajstić information content (AvgIpc) is 1.89. The lowest BCUT2D eigenvalue weighted by molar-refractivity contribution is -0.144. The van der Waals surface area contributed by atoms with Gasteiger partial charge in [0.25, 0.3) is 0 Å². The molecule has 3 heteroatoms. The molecule has 1 unspecified atom stereocenters. The van der Waals surface area contributed by atoms with Crippen molar-refractivity contribution in [2.24, 2.45) is 5.92 Å². The molecule has 0 aromatic rings. The predicted molar refractivity (Wildman–Crippen MR) is 29.2 cm³/mol. The van der Waals surface area contributed by atoms with Gasteiger partial charge >= 0.3 is 5.97 Å². The molecule has 0 amide bonds. The summed E-state index contributed by atoms with van der Waals surface area (Å²) in [5.41, 5.74) is 0. The number of esters is 1. The van der Waals surface area contributed by atoms with Gasteiger partial charge in [0, 0.05) is 0 Å². The maximum atomic E-state index is 10.5. The standard InChI is InChI=1S/C6H5NO2/c7-4-5-2-1-3-9-6(5)8/h1-2,5H,3H2. The van der Waals surface area contributed by atoms with E-state index < -0.39 is 11.9 Å². The number of cyclic esters (lactones) is 1. The van der Waals surface area contributed by atoms with Gasteiger partial charge in [0.2, 0.25) is 0 Å². The maximum absolute atomic E-state index is 10.5. The molecule has 0 spiro atoms. The summed E-state index contributed by atoms with van der Waals surface area (Å²) in [4.78, 5) is 10.5. The number of ether oxygens (including phenoxy) is 1. The molecule has 1 aliphatic rings. The van der Waals surface area contributed by atoms with Gasteiger partial charge in [-0.1, -0.05) is 6.08 Å². The maximum Gasteiger partial charge on any atom is 0.327 e. The third kappa shape index (κ3) is 1.08. The predicted octanol–water partition coefficient (Wildman–Crippen LogP) is 0.239. The monoisotopic (exact) mass is 123 g/mol. The van der Waals surface area contributed by atoms with Gasteiger partial charge in [0.1, 0.15) is 6.61 Å². The molecule has 0 saturated carbocycles. The molecule has 0 fully saturated rings. The van der Waals surface area contributed by atoms with Gasteiger partial charge in [-0.3, -0.25) is 4.79 Å². The summed E-state index contributed by atoms with van der Waals surface area (Å²) in [6, 6.07) is 1.79. The Morgan fingerprint density at radius 3 is 3.11 bits per heavy atom. The Hall–Kier alpha value is -1.30.